The molecule has 0 bridgehead atoms. The van der Waals surface area contributed by atoms with Gasteiger partial charge >= 0.3 is 0 Å². The lowest BCUT2D eigenvalue weighted by atomic mass is 10.1. The summed E-state index contributed by atoms with van der Waals surface area (Å²) in [5, 5.41) is 0. The number of rotatable bonds is 11. The monoisotopic (exact) mass is 355 g/mol. The quantitative estimate of drug-likeness (QED) is 0.421. The van der Waals surface area contributed by atoms with Crippen molar-refractivity contribution in [1.82, 2.24) is 0 Å². The Morgan fingerprint density at radius 1 is 0.714 bits per heavy atom. The maximum atomic E-state index is 2.34. The lowest BCUT2D eigenvalue weighted by Crippen LogP contribution is -3.00. The number of unbranched alkanes of at least 4 members (excludes halogenated alkanes) is 1. The van der Waals surface area contributed by atoms with Gasteiger partial charge in [-0.2, -0.15) is 0 Å². The van der Waals surface area contributed by atoms with E-state index in [0.717, 1.165) is 0 Å². The van der Waals surface area contributed by atoms with Crippen LogP contribution in [0.15, 0.2) is 30.3 Å². The third-order valence-corrected chi connectivity index (χ3v) is 4.28. The van der Waals surface area contributed by atoms with E-state index in [1.54, 1.807) is 0 Å². The van der Waals surface area contributed by atoms with E-state index < -0.39 is 0 Å². The highest BCUT2D eigenvalue weighted by Gasteiger charge is 2.23. The molecule has 1 rings (SSSR count). The molecule has 0 atom stereocenters. The summed E-state index contributed by atoms with van der Waals surface area (Å²) in [6.07, 6.45) is 7.90. The number of benzene rings is 1. The zero-order valence-electron chi connectivity index (χ0n) is 14.3. The fourth-order valence-electron chi connectivity index (χ4n) is 3.51. The molecule has 0 aliphatic rings. The summed E-state index contributed by atoms with van der Waals surface area (Å²) in [6, 6.07) is 10.9. The molecule has 0 aliphatic heterocycles. The maximum absolute atomic E-state index is 2.34. The predicted octanol–water partition coefficient (Wildman–Crippen LogP) is 2.06. The summed E-state index contributed by atoms with van der Waals surface area (Å²) in [6.45, 7) is 12.5. The van der Waals surface area contributed by atoms with Crippen LogP contribution in [0.3, 0.4) is 0 Å². The summed E-state index contributed by atoms with van der Waals surface area (Å²) in [5.74, 6) is 0. The molecule has 21 heavy (non-hydrogen) atoms. The van der Waals surface area contributed by atoms with Crippen molar-refractivity contribution >= 4 is 0 Å². The van der Waals surface area contributed by atoms with Crippen LogP contribution in [0.4, 0.5) is 0 Å². The Bertz CT molecular complexity index is 320. The topological polar surface area (TPSA) is 0 Å². The van der Waals surface area contributed by atoms with Crippen molar-refractivity contribution in [3.8, 4) is 0 Å². The number of nitrogens with zero attached hydrogens (tertiary/aromatic N) is 1. The van der Waals surface area contributed by atoms with Gasteiger partial charge in [-0.25, -0.2) is 0 Å². The third-order valence-electron chi connectivity index (χ3n) is 4.28. The Labute approximate surface area is 143 Å². The third kappa shape index (κ3) is 8.01. The summed E-state index contributed by atoms with van der Waals surface area (Å²) in [4.78, 5) is 0. The van der Waals surface area contributed by atoms with Gasteiger partial charge in [-0.3, -0.25) is 0 Å². The smallest absolute Gasteiger partial charge is 0.0786 e. The Hall–Kier alpha value is -0.340. The lowest BCUT2D eigenvalue weighted by molar-refractivity contribution is -0.928. The van der Waals surface area contributed by atoms with E-state index in [-0.39, 0.29) is 17.0 Å². The number of aryl methyl sites for hydroxylation is 1. The summed E-state index contributed by atoms with van der Waals surface area (Å²) >= 11 is 0. The van der Waals surface area contributed by atoms with Crippen LogP contribution in [-0.4, -0.2) is 30.7 Å². The van der Waals surface area contributed by atoms with Gasteiger partial charge in [-0.15, -0.1) is 0 Å². The molecule has 0 aliphatic carbocycles. The zero-order valence-corrected chi connectivity index (χ0v) is 15.9. The number of halogens is 1. The van der Waals surface area contributed by atoms with Gasteiger partial charge in [0, 0.05) is 0 Å². The first-order valence-corrected chi connectivity index (χ1v) is 8.65. The zero-order chi connectivity index (χ0) is 14.7. The van der Waals surface area contributed by atoms with Crippen molar-refractivity contribution < 1.29 is 21.5 Å². The van der Waals surface area contributed by atoms with Crippen LogP contribution in [0.1, 0.15) is 58.4 Å². The van der Waals surface area contributed by atoms with Crippen molar-refractivity contribution in [2.24, 2.45) is 0 Å². The van der Waals surface area contributed by atoms with Crippen molar-refractivity contribution in [2.75, 3.05) is 26.2 Å². The van der Waals surface area contributed by atoms with Gasteiger partial charge in [0.1, 0.15) is 0 Å². The molecule has 0 fully saturated rings. The largest absolute Gasteiger partial charge is 1.00 e. The maximum Gasteiger partial charge on any atom is 0.0786 e. The van der Waals surface area contributed by atoms with E-state index in [1.165, 1.54) is 74.8 Å². The summed E-state index contributed by atoms with van der Waals surface area (Å²) in [5.41, 5.74) is 1.49. The first-order valence-electron chi connectivity index (χ1n) is 8.65. The van der Waals surface area contributed by atoms with E-state index in [9.17, 15) is 0 Å². The average molecular weight is 356 g/mol. The van der Waals surface area contributed by atoms with E-state index in [2.05, 4.69) is 51.1 Å². The minimum absolute atomic E-state index is 0. The van der Waals surface area contributed by atoms with Gasteiger partial charge in [0.05, 0.1) is 26.2 Å². The number of hydrogen-bond donors (Lipinski definition) is 0. The standard InChI is InChI=1S/C19H34N.BrH/c1-4-15-20(16-5-2,17-6-3)18-11-10-14-19-12-8-7-9-13-19;/h7-9,12-13H,4-6,10-11,14-18H2,1-3H3;1H/q+1;/p-1. The lowest BCUT2D eigenvalue weighted by Gasteiger charge is -2.38. The molecule has 1 aromatic carbocycles. The molecular formula is C19H34BrN. The molecule has 0 spiro atoms. The second-order valence-corrected chi connectivity index (χ2v) is 6.18. The molecule has 0 amide bonds. The molecule has 1 aromatic rings. The second kappa shape index (κ2) is 12.2. The molecular weight excluding hydrogens is 322 g/mol. The van der Waals surface area contributed by atoms with Gasteiger partial charge in [0.15, 0.2) is 0 Å². The molecule has 2 heteroatoms. The normalized spacial score (nSPS) is 11.2. The van der Waals surface area contributed by atoms with Crippen LogP contribution in [0.5, 0.6) is 0 Å². The van der Waals surface area contributed by atoms with E-state index in [1.807, 2.05) is 0 Å². The SMILES string of the molecule is CCC[N+](CCC)(CCC)CCCCc1ccccc1.[Br-]. The van der Waals surface area contributed by atoms with Gasteiger partial charge in [0.25, 0.3) is 0 Å². The van der Waals surface area contributed by atoms with Crippen LogP contribution in [-0.2, 0) is 6.42 Å². The summed E-state index contributed by atoms with van der Waals surface area (Å²) < 4.78 is 1.36. The van der Waals surface area contributed by atoms with E-state index in [4.69, 9.17) is 0 Å². The molecule has 0 aromatic heterocycles. The fourth-order valence-corrected chi connectivity index (χ4v) is 3.51. The highest BCUT2D eigenvalue weighted by atomic mass is 79.9. The van der Waals surface area contributed by atoms with Gasteiger partial charge < -0.3 is 21.5 Å². The minimum atomic E-state index is 0. The van der Waals surface area contributed by atoms with Crippen molar-refractivity contribution in [3.63, 3.8) is 0 Å². The van der Waals surface area contributed by atoms with Crippen molar-refractivity contribution in [1.29, 1.82) is 0 Å². The summed E-state index contributed by atoms with van der Waals surface area (Å²) in [7, 11) is 0. The molecule has 0 heterocycles. The number of quaternary nitrogens is 1. The Morgan fingerprint density at radius 3 is 1.71 bits per heavy atom. The molecule has 0 N–H and O–H groups in total. The van der Waals surface area contributed by atoms with Crippen molar-refractivity contribution in [2.45, 2.75) is 59.3 Å². The van der Waals surface area contributed by atoms with Crippen LogP contribution < -0.4 is 17.0 Å². The molecule has 0 saturated heterocycles. The Balaban J connectivity index is 0.00000400. The highest BCUT2D eigenvalue weighted by Crippen LogP contribution is 2.15. The molecule has 0 radical (unpaired) electrons. The van der Waals surface area contributed by atoms with Crippen LogP contribution in [0.2, 0.25) is 0 Å². The molecule has 1 nitrogen and oxygen atoms in total. The Kier molecular flexibility index (Phi) is 12.0. The minimum Gasteiger partial charge on any atom is -1.00 e. The van der Waals surface area contributed by atoms with Crippen molar-refractivity contribution in [3.05, 3.63) is 35.9 Å². The van der Waals surface area contributed by atoms with E-state index in [0.29, 0.717) is 0 Å². The predicted molar refractivity (Wildman–Crippen MR) is 90.0 cm³/mol. The van der Waals surface area contributed by atoms with Crippen LogP contribution >= 0.6 is 0 Å². The Morgan fingerprint density at radius 2 is 1.24 bits per heavy atom. The molecule has 122 valence electrons. The van der Waals surface area contributed by atoms with E-state index >= 15 is 0 Å². The number of hydrogen-bond acceptors (Lipinski definition) is 0. The first-order chi connectivity index (χ1) is 9.76. The molecule has 0 saturated carbocycles. The second-order valence-electron chi connectivity index (χ2n) is 6.18. The highest BCUT2D eigenvalue weighted by molar-refractivity contribution is 5.14. The average Bonchev–Trinajstić information content (AvgIpc) is 2.46. The van der Waals surface area contributed by atoms with Gasteiger partial charge in [0.2, 0.25) is 0 Å². The molecule has 0 unspecified atom stereocenters. The van der Waals surface area contributed by atoms with Gasteiger partial charge in [-0.1, -0.05) is 51.1 Å². The first kappa shape index (κ1) is 20.7. The van der Waals surface area contributed by atoms with Crippen LogP contribution in [0.25, 0.3) is 0 Å². The fraction of sp³-hybridized carbons (Fsp3) is 0.684. The van der Waals surface area contributed by atoms with Crippen LogP contribution in [0, 0.1) is 0 Å². The van der Waals surface area contributed by atoms with Gasteiger partial charge in [-0.05, 0) is 44.1 Å².